The van der Waals surface area contributed by atoms with Crippen molar-refractivity contribution in [2.45, 2.75) is 40.2 Å². The van der Waals surface area contributed by atoms with E-state index >= 15 is 0 Å². The van der Waals surface area contributed by atoms with Crippen LogP contribution < -0.4 is 16.4 Å². The molecule has 5 nitrogen and oxygen atoms in total. The molecule has 4 N–H and O–H groups in total. The smallest absolute Gasteiger partial charge is 0.253 e. The number of carbonyl (C=O) groups excluding carboxylic acids is 2. The third-order valence-electron chi connectivity index (χ3n) is 3.18. The summed E-state index contributed by atoms with van der Waals surface area (Å²) in [6.45, 7) is 8.28. The summed E-state index contributed by atoms with van der Waals surface area (Å²) < 4.78 is 0. The molecule has 2 amide bonds. The van der Waals surface area contributed by atoms with Crippen LogP contribution in [0, 0.1) is 5.41 Å². The minimum Gasteiger partial charge on any atom is -0.352 e. The molecule has 0 bridgehead atoms. The summed E-state index contributed by atoms with van der Waals surface area (Å²) in [6.07, 6.45) is 0.856. The Morgan fingerprint density at radius 3 is 2.43 bits per heavy atom. The Hall–Kier alpha value is -1.88. The number of hydrogen-bond donors (Lipinski definition) is 3. The van der Waals surface area contributed by atoms with Gasteiger partial charge in [0.1, 0.15) is 0 Å². The monoisotopic (exact) mass is 291 g/mol. The number of amides is 2. The fraction of sp³-hybridized carbons (Fsp3) is 0.500. The van der Waals surface area contributed by atoms with Crippen LogP contribution in [0.5, 0.6) is 0 Å². The van der Waals surface area contributed by atoms with E-state index in [2.05, 4.69) is 10.6 Å². The molecule has 0 radical (unpaired) electrons. The van der Waals surface area contributed by atoms with E-state index in [1.807, 2.05) is 27.7 Å². The van der Waals surface area contributed by atoms with E-state index in [0.29, 0.717) is 17.8 Å². The second-order valence-electron chi connectivity index (χ2n) is 6.13. The van der Waals surface area contributed by atoms with E-state index in [-0.39, 0.29) is 17.2 Å². The molecule has 1 rings (SSSR count). The molecule has 0 aliphatic carbocycles. The summed E-state index contributed by atoms with van der Waals surface area (Å²) in [7, 11) is 0. The molecule has 0 saturated carbocycles. The zero-order chi connectivity index (χ0) is 16.0. The number of nitrogens with one attached hydrogen (secondary N) is 2. The van der Waals surface area contributed by atoms with Gasteiger partial charge in [-0.2, -0.15) is 0 Å². The summed E-state index contributed by atoms with van der Waals surface area (Å²) >= 11 is 0. The van der Waals surface area contributed by atoms with Crippen molar-refractivity contribution in [2.24, 2.45) is 11.1 Å². The van der Waals surface area contributed by atoms with Gasteiger partial charge in [-0.1, -0.05) is 39.8 Å². The van der Waals surface area contributed by atoms with Crippen LogP contribution in [0.25, 0.3) is 0 Å². The number of hydrogen-bond acceptors (Lipinski definition) is 3. The van der Waals surface area contributed by atoms with Crippen molar-refractivity contribution in [1.82, 2.24) is 5.32 Å². The maximum atomic E-state index is 12.2. The molecule has 0 aromatic heterocycles. The Kier molecular flexibility index (Phi) is 5.90. The van der Waals surface area contributed by atoms with Crippen LogP contribution in [-0.4, -0.2) is 24.4 Å². The minimum atomic E-state index is -0.649. The molecule has 0 saturated heterocycles. The first kappa shape index (κ1) is 17.2. The zero-order valence-corrected chi connectivity index (χ0v) is 13.2. The second kappa shape index (κ2) is 7.22. The van der Waals surface area contributed by atoms with E-state index < -0.39 is 6.04 Å². The first-order valence-corrected chi connectivity index (χ1v) is 7.21. The van der Waals surface area contributed by atoms with Crippen molar-refractivity contribution in [3.8, 4) is 0 Å². The maximum Gasteiger partial charge on any atom is 0.253 e. The zero-order valence-electron chi connectivity index (χ0n) is 13.2. The van der Waals surface area contributed by atoms with Gasteiger partial charge in [-0.3, -0.25) is 9.59 Å². The third-order valence-corrected chi connectivity index (χ3v) is 3.18. The van der Waals surface area contributed by atoms with E-state index in [4.69, 9.17) is 5.73 Å². The predicted octanol–water partition coefficient (Wildman–Crippen LogP) is 2.14. The Balaban J connectivity index is 2.89. The summed E-state index contributed by atoms with van der Waals surface area (Å²) in [4.78, 5) is 24.3. The lowest BCUT2D eigenvalue weighted by atomic mass is 9.87. The first-order chi connectivity index (χ1) is 9.77. The van der Waals surface area contributed by atoms with Gasteiger partial charge < -0.3 is 16.4 Å². The molecule has 116 valence electrons. The van der Waals surface area contributed by atoms with Crippen LogP contribution in [0.1, 0.15) is 44.5 Å². The van der Waals surface area contributed by atoms with Gasteiger partial charge in [-0.25, -0.2) is 0 Å². The lowest BCUT2D eigenvalue weighted by Crippen LogP contribution is -2.45. The van der Waals surface area contributed by atoms with Gasteiger partial charge in [0.2, 0.25) is 5.91 Å². The molecule has 5 heteroatoms. The molecule has 1 aromatic rings. The maximum absolute atomic E-state index is 12.2. The van der Waals surface area contributed by atoms with Gasteiger partial charge in [0.05, 0.1) is 17.3 Å². The fourth-order valence-electron chi connectivity index (χ4n) is 1.73. The van der Waals surface area contributed by atoms with Crippen molar-refractivity contribution < 1.29 is 9.59 Å². The lowest BCUT2D eigenvalue weighted by molar-refractivity contribution is -0.119. The molecule has 21 heavy (non-hydrogen) atoms. The number of rotatable bonds is 5. The summed E-state index contributed by atoms with van der Waals surface area (Å²) in [5.41, 5.74) is 6.52. The Bertz CT molecular complexity index is 506. The van der Waals surface area contributed by atoms with Crippen LogP contribution in [0.2, 0.25) is 0 Å². The van der Waals surface area contributed by atoms with Gasteiger partial charge in [-0.05, 0) is 24.0 Å². The lowest BCUT2D eigenvalue weighted by Gasteiger charge is -2.26. The van der Waals surface area contributed by atoms with Crippen LogP contribution >= 0.6 is 0 Å². The highest BCUT2D eigenvalue weighted by atomic mass is 16.2. The summed E-state index contributed by atoms with van der Waals surface area (Å²) in [5, 5.41) is 5.55. The van der Waals surface area contributed by atoms with Gasteiger partial charge >= 0.3 is 0 Å². The predicted molar refractivity (Wildman–Crippen MR) is 85.1 cm³/mol. The normalized spacial score (nSPS) is 12.6. The third kappa shape index (κ3) is 4.86. The Labute approximate surface area is 126 Å². The van der Waals surface area contributed by atoms with Crippen molar-refractivity contribution >= 4 is 17.5 Å². The summed E-state index contributed by atoms with van der Waals surface area (Å²) in [6, 6.07) is 6.27. The van der Waals surface area contributed by atoms with Crippen LogP contribution in [0.4, 0.5) is 5.69 Å². The second-order valence-corrected chi connectivity index (χ2v) is 6.13. The van der Waals surface area contributed by atoms with Crippen LogP contribution in [0.15, 0.2) is 24.3 Å². The van der Waals surface area contributed by atoms with Crippen molar-refractivity contribution in [2.75, 3.05) is 11.9 Å². The van der Waals surface area contributed by atoms with Gasteiger partial charge in [0.15, 0.2) is 0 Å². The molecule has 0 heterocycles. The number of anilines is 1. The molecule has 0 aliphatic rings. The highest BCUT2D eigenvalue weighted by molar-refractivity contribution is 6.04. The summed E-state index contributed by atoms with van der Waals surface area (Å²) in [5.74, 6) is -0.490. The van der Waals surface area contributed by atoms with Crippen LogP contribution in [-0.2, 0) is 4.79 Å². The van der Waals surface area contributed by atoms with Crippen molar-refractivity contribution in [1.29, 1.82) is 0 Å². The first-order valence-electron chi connectivity index (χ1n) is 7.21. The van der Waals surface area contributed by atoms with Gasteiger partial charge in [0, 0.05) is 6.54 Å². The number of benzene rings is 1. The van der Waals surface area contributed by atoms with E-state index in [9.17, 15) is 9.59 Å². The minimum absolute atomic E-state index is 0.197. The Morgan fingerprint density at radius 1 is 1.24 bits per heavy atom. The van der Waals surface area contributed by atoms with E-state index in [0.717, 1.165) is 6.42 Å². The molecule has 0 fully saturated rings. The number of para-hydroxylation sites is 1. The average Bonchev–Trinajstić information content (AvgIpc) is 2.43. The highest BCUT2D eigenvalue weighted by Gasteiger charge is 2.28. The molecule has 1 aromatic carbocycles. The molecule has 0 aliphatic heterocycles. The SMILES string of the molecule is CCCNC(=O)c1ccccc1NC(=O)[C@@H](N)C(C)(C)C. The topological polar surface area (TPSA) is 84.2 Å². The number of nitrogens with two attached hydrogens (primary N) is 1. The molecule has 1 atom stereocenters. The average molecular weight is 291 g/mol. The molecular formula is C16H25N3O2. The van der Waals surface area contributed by atoms with Gasteiger partial charge in [0.25, 0.3) is 5.91 Å². The van der Waals surface area contributed by atoms with Crippen molar-refractivity contribution in [3.05, 3.63) is 29.8 Å². The Morgan fingerprint density at radius 2 is 1.86 bits per heavy atom. The molecule has 0 spiro atoms. The quantitative estimate of drug-likeness (QED) is 0.777. The fourth-order valence-corrected chi connectivity index (χ4v) is 1.73. The highest BCUT2D eigenvalue weighted by Crippen LogP contribution is 2.20. The van der Waals surface area contributed by atoms with Gasteiger partial charge in [-0.15, -0.1) is 0 Å². The number of carbonyl (C=O) groups is 2. The van der Waals surface area contributed by atoms with E-state index in [1.54, 1.807) is 24.3 Å². The molecular weight excluding hydrogens is 266 g/mol. The largest absolute Gasteiger partial charge is 0.352 e. The standard InChI is InChI=1S/C16H25N3O2/c1-5-10-18-14(20)11-8-6-7-9-12(11)19-15(21)13(17)16(2,3)4/h6-9,13H,5,10,17H2,1-4H3,(H,18,20)(H,19,21)/t13-/m1/s1. The van der Waals surface area contributed by atoms with Crippen molar-refractivity contribution in [3.63, 3.8) is 0 Å². The van der Waals surface area contributed by atoms with Crippen LogP contribution in [0.3, 0.4) is 0 Å². The molecule has 0 unspecified atom stereocenters. The van der Waals surface area contributed by atoms with E-state index in [1.165, 1.54) is 0 Å².